The summed E-state index contributed by atoms with van der Waals surface area (Å²) >= 11 is 0. The van der Waals surface area contributed by atoms with Crippen LogP contribution in [0, 0.1) is 0 Å². The molecule has 0 aliphatic carbocycles. The molecule has 0 saturated carbocycles. The Balaban J connectivity index is 0.000000463. The molecule has 250 valence electrons. The van der Waals surface area contributed by atoms with Crippen LogP contribution in [0.2, 0.25) is 64.5 Å². The first-order valence-electron chi connectivity index (χ1n) is 14.7. The molecule has 0 aromatic rings. The molecule has 0 amide bonds. The molecule has 44 heavy (non-hydrogen) atoms. The highest BCUT2D eigenvalue weighted by atomic mass is 28.4. The van der Waals surface area contributed by atoms with Crippen molar-refractivity contribution in [2.75, 3.05) is 0 Å². The summed E-state index contributed by atoms with van der Waals surface area (Å²) in [5.41, 5.74) is -2.43. The first kappa shape index (κ1) is 39.6. The SMILES string of the molecule is C=C1OC(=O)OC1(C)CC[Si](C)(C)O[Si](C)(C)CCC1(C)OC(=O)OC1=C.C=CC1(C)OC(=O)OC1=C.C[SiH](C)O[SiH](C)C. The van der Waals surface area contributed by atoms with Crippen LogP contribution in [0.25, 0.3) is 0 Å². The molecule has 0 aromatic carbocycles. The summed E-state index contributed by atoms with van der Waals surface area (Å²) in [6.45, 7) is 37.3. The van der Waals surface area contributed by atoms with Crippen LogP contribution in [0.4, 0.5) is 14.4 Å². The number of rotatable bonds is 11. The molecule has 11 nitrogen and oxygen atoms in total. The van der Waals surface area contributed by atoms with Gasteiger partial charge in [0.1, 0.15) is 11.5 Å². The quantitative estimate of drug-likeness (QED) is 0.0920. The van der Waals surface area contributed by atoms with Gasteiger partial charge in [-0.05, 0) is 104 Å². The zero-order chi connectivity index (χ0) is 34.3. The molecular formula is C29H52O11Si4. The van der Waals surface area contributed by atoms with Crippen molar-refractivity contribution >= 4 is 53.2 Å². The summed E-state index contributed by atoms with van der Waals surface area (Å²) < 4.78 is 41.8. The van der Waals surface area contributed by atoms with Gasteiger partial charge in [0.2, 0.25) is 0 Å². The number of hydrogen-bond donors (Lipinski definition) is 0. The molecule has 0 N–H and O–H groups in total. The molecule has 3 atom stereocenters. The second-order valence-electron chi connectivity index (χ2n) is 13.3. The van der Waals surface area contributed by atoms with Gasteiger partial charge in [-0.25, -0.2) is 14.4 Å². The van der Waals surface area contributed by atoms with Gasteiger partial charge in [0, 0.05) is 0 Å². The third-order valence-electron chi connectivity index (χ3n) is 7.16. The van der Waals surface area contributed by atoms with E-state index in [0.29, 0.717) is 24.4 Å². The van der Waals surface area contributed by atoms with Crippen LogP contribution < -0.4 is 0 Å². The Hall–Kier alpha value is -2.44. The van der Waals surface area contributed by atoms with E-state index in [4.69, 9.17) is 31.9 Å². The summed E-state index contributed by atoms with van der Waals surface area (Å²) in [5, 5.41) is 0. The fraction of sp³-hybridized carbons (Fsp3) is 0.621. The summed E-state index contributed by atoms with van der Waals surface area (Å²) in [6.07, 6.45) is 0.592. The number of ether oxygens (including phenoxy) is 6. The number of carbonyl (C=O) groups is 3. The van der Waals surface area contributed by atoms with Gasteiger partial charge >= 0.3 is 18.5 Å². The lowest BCUT2D eigenvalue weighted by molar-refractivity contribution is 0.0735. The van der Waals surface area contributed by atoms with Gasteiger partial charge in [-0.2, -0.15) is 0 Å². The number of cyclic esters (lactones) is 6. The maximum atomic E-state index is 11.3. The summed E-state index contributed by atoms with van der Waals surface area (Å²) in [7, 11) is -5.38. The van der Waals surface area contributed by atoms with E-state index in [9.17, 15) is 14.4 Å². The Morgan fingerprint density at radius 1 is 0.682 bits per heavy atom. The molecule has 3 heterocycles. The highest BCUT2D eigenvalue weighted by molar-refractivity contribution is 6.84. The molecular weight excluding hydrogens is 637 g/mol. The average Bonchev–Trinajstić information content (AvgIpc) is 3.38. The van der Waals surface area contributed by atoms with Crippen LogP contribution in [0.15, 0.2) is 49.7 Å². The molecule has 3 saturated heterocycles. The van der Waals surface area contributed by atoms with Gasteiger partial charge in [0.25, 0.3) is 0 Å². The normalized spacial score (nSPS) is 26.5. The Kier molecular flexibility index (Phi) is 13.7. The zero-order valence-electron chi connectivity index (χ0n) is 28.4. The fourth-order valence-electron chi connectivity index (χ4n) is 4.40. The van der Waals surface area contributed by atoms with E-state index >= 15 is 0 Å². The van der Waals surface area contributed by atoms with E-state index in [1.165, 1.54) is 6.08 Å². The fourth-order valence-corrected chi connectivity index (χ4v) is 17.7. The topological polar surface area (TPSA) is 125 Å². The van der Waals surface area contributed by atoms with Gasteiger partial charge in [0.15, 0.2) is 57.3 Å². The predicted octanol–water partition coefficient (Wildman–Crippen LogP) is 7.65. The van der Waals surface area contributed by atoms with E-state index in [0.717, 1.165) is 12.1 Å². The summed E-state index contributed by atoms with van der Waals surface area (Å²) in [6, 6.07) is 1.61. The second kappa shape index (κ2) is 15.2. The maximum Gasteiger partial charge on any atom is 0.514 e. The van der Waals surface area contributed by atoms with Crippen LogP contribution in [-0.4, -0.2) is 70.0 Å². The highest BCUT2D eigenvalue weighted by Gasteiger charge is 2.46. The van der Waals surface area contributed by atoms with Gasteiger partial charge in [-0.15, -0.1) is 0 Å². The minimum atomic E-state index is -2.02. The van der Waals surface area contributed by atoms with Gasteiger partial charge in [0.05, 0.1) is 0 Å². The highest BCUT2D eigenvalue weighted by Crippen LogP contribution is 2.38. The Morgan fingerprint density at radius 2 is 1.02 bits per heavy atom. The Morgan fingerprint density at radius 3 is 1.23 bits per heavy atom. The van der Waals surface area contributed by atoms with Crippen molar-refractivity contribution in [3.05, 3.63) is 49.7 Å². The molecule has 3 aliphatic rings. The van der Waals surface area contributed by atoms with Crippen molar-refractivity contribution in [3.8, 4) is 0 Å². The Labute approximate surface area is 268 Å². The predicted molar refractivity (Wildman–Crippen MR) is 179 cm³/mol. The van der Waals surface area contributed by atoms with Crippen LogP contribution in [0.5, 0.6) is 0 Å². The molecule has 0 spiro atoms. The van der Waals surface area contributed by atoms with E-state index < -0.39 is 70.0 Å². The van der Waals surface area contributed by atoms with Crippen LogP contribution in [0.1, 0.15) is 33.6 Å². The maximum absolute atomic E-state index is 11.3. The van der Waals surface area contributed by atoms with Gasteiger partial charge < -0.3 is 36.7 Å². The largest absolute Gasteiger partial charge is 0.514 e. The standard InChI is InChI=1S/C18H30O7Si2.C7H8O3.C4H14OSi2/c1-13-17(3,23-15(19)21-13)9-11-26(5,6)25-27(7,8)12-10-18(4)14(2)22-16(20)24-18;1-4-7(3)5(2)9-6(8)10-7;1-6(2)5-7(3)4/h1-2,9-12H2,3-8H3;4H,1-2H2,3H3;6-7H,1-4H3. The van der Waals surface area contributed by atoms with Gasteiger partial charge in [-0.3, -0.25) is 0 Å². The van der Waals surface area contributed by atoms with Crippen molar-refractivity contribution in [3.63, 3.8) is 0 Å². The molecule has 3 unspecified atom stereocenters. The second-order valence-corrected chi connectivity index (χ2v) is 27.4. The van der Waals surface area contributed by atoms with E-state index in [1.54, 1.807) is 6.92 Å². The summed E-state index contributed by atoms with van der Waals surface area (Å²) in [5.74, 6) is 0.985. The monoisotopic (exact) mass is 688 g/mol. The molecule has 0 aromatic heterocycles. The molecule has 0 radical (unpaired) electrons. The number of hydrogen-bond acceptors (Lipinski definition) is 11. The van der Waals surface area contributed by atoms with E-state index in [1.807, 2.05) is 13.8 Å². The lowest BCUT2D eigenvalue weighted by Gasteiger charge is -2.36. The number of carbonyl (C=O) groups excluding carboxylic acids is 3. The smallest absolute Gasteiger partial charge is 0.461 e. The first-order valence-corrected chi connectivity index (χ1v) is 26.5. The third kappa shape index (κ3) is 12.2. The molecule has 3 aliphatic heterocycles. The lowest BCUT2D eigenvalue weighted by atomic mass is 10.0. The van der Waals surface area contributed by atoms with E-state index in [-0.39, 0.29) is 5.76 Å². The Bertz CT molecular complexity index is 1070. The van der Waals surface area contributed by atoms with Crippen molar-refractivity contribution in [2.24, 2.45) is 0 Å². The molecule has 0 bridgehead atoms. The third-order valence-corrected chi connectivity index (χ3v) is 18.8. The zero-order valence-corrected chi connectivity index (χ0v) is 32.7. The van der Waals surface area contributed by atoms with Crippen molar-refractivity contribution in [2.45, 2.75) is 115 Å². The average molecular weight is 689 g/mol. The minimum Gasteiger partial charge on any atom is -0.461 e. The van der Waals surface area contributed by atoms with Crippen LogP contribution in [0.3, 0.4) is 0 Å². The lowest BCUT2D eigenvalue weighted by Crippen LogP contribution is -2.46. The van der Waals surface area contributed by atoms with Crippen LogP contribution in [-0.2, 0) is 36.7 Å². The first-order chi connectivity index (χ1) is 19.9. The molecule has 3 rings (SSSR count). The van der Waals surface area contributed by atoms with Crippen molar-refractivity contribution < 1.29 is 51.0 Å². The van der Waals surface area contributed by atoms with Crippen LogP contribution >= 0.6 is 0 Å². The molecule has 3 fully saturated rings. The van der Waals surface area contributed by atoms with Gasteiger partial charge in [-0.1, -0.05) is 26.3 Å². The minimum absolute atomic E-state index is 0.285. The van der Waals surface area contributed by atoms with E-state index in [2.05, 4.69) is 83.4 Å². The van der Waals surface area contributed by atoms with Crippen molar-refractivity contribution in [1.82, 2.24) is 0 Å². The van der Waals surface area contributed by atoms with Crippen molar-refractivity contribution in [1.29, 1.82) is 0 Å². The summed E-state index contributed by atoms with van der Waals surface area (Å²) in [4.78, 5) is 33.2. The molecule has 15 heteroatoms.